The van der Waals surface area contributed by atoms with E-state index in [0.717, 1.165) is 5.56 Å². The first-order chi connectivity index (χ1) is 9.02. The molecule has 2 rings (SSSR count). The molecule has 0 aliphatic rings. The minimum Gasteiger partial charge on any atom is -0.465 e. The van der Waals surface area contributed by atoms with Gasteiger partial charge in [0.1, 0.15) is 5.56 Å². The number of aryl methyl sites for hydroxylation is 1. The second-order valence-corrected chi connectivity index (χ2v) is 4.71. The highest BCUT2D eigenvalue weighted by Gasteiger charge is 2.18. The lowest BCUT2D eigenvalue weighted by Gasteiger charge is -2.10. The van der Waals surface area contributed by atoms with Gasteiger partial charge in [0, 0.05) is 16.3 Å². The van der Waals surface area contributed by atoms with Crippen molar-refractivity contribution in [3.63, 3.8) is 0 Å². The van der Waals surface area contributed by atoms with Crippen LogP contribution in [-0.4, -0.2) is 23.0 Å². The van der Waals surface area contributed by atoms with Gasteiger partial charge in [0.05, 0.1) is 12.8 Å². The Kier molecular flexibility index (Phi) is 3.97. The number of methoxy groups -OCH3 is 1. The Balaban J connectivity index is 2.70. The maximum Gasteiger partial charge on any atom is 0.341 e. The van der Waals surface area contributed by atoms with Crippen molar-refractivity contribution in [3.8, 4) is 11.3 Å². The molecule has 0 saturated heterocycles. The molecular formula is C13H11ClN2O2S. The van der Waals surface area contributed by atoms with Crippen LogP contribution < -0.4 is 0 Å². The molecule has 0 aliphatic heterocycles. The number of hydrogen-bond acceptors (Lipinski definition) is 4. The number of carbonyl (C=O) groups excluding carboxylic acids is 1. The summed E-state index contributed by atoms with van der Waals surface area (Å²) >= 11 is 10.9. The predicted molar refractivity (Wildman–Crippen MR) is 75.9 cm³/mol. The summed E-state index contributed by atoms with van der Waals surface area (Å²) in [5.74, 6) is -0.457. The molecule has 0 unspecified atom stereocenters. The lowest BCUT2D eigenvalue weighted by molar-refractivity contribution is 0.0600. The Morgan fingerprint density at radius 3 is 2.58 bits per heavy atom. The summed E-state index contributed by atoms with van der Waals surface area (Å²) in [5.41, 5.74) is 2.24. The molecule has 2 aromatic rings. The van der Waals surface area contributed by atoms with Crippen molar-refractivity contribution >= 4 is 29.8 Å². The molecule has 0 saturated carbocycles. The highest BCUT2D eigenvalue weighted by molar-refractivity contribution is 7.71. The van der Waals surface area contributed by atoms with Crippen molar-refractivity contribution in [2.75, 3.05) is 7.11 Å². The third-order valence-corrected chi connectivity index (χ3v) is 3.07. The summed E-state index contributed by atoms with van der Waals surface area (Å²) < 4.78 is 5.10. The molecule has 1 N–H and O–H groups in total. The van der Waals surface area contributed by atoms with Crippen LogP contribution in [0.4, 0.5) is 0 Å². The largest absolute Gasteiger partial charge is 0.465 e. The monoisotopic (exact) mass is 294 g/mol. The Bertz CT molecular complexity index is 680. The molecule has 1 heterocycles. The summed E-state index contributed by atoms with van der Waals surface area (Å²) in [6.07, 6.45) is 0. The van der Waals surface area contributed by atoms with Crippen LogP contribution in [0.5, 0.6) is 0 Å². The Morgan fingerprint density at radius 1 is 1.37 bits per heavy atom. The molecular weight excluding hydrogens is 284 g/mol. The van der Waals surface area contributed by atoms with E-state index in [1.807, 2.05) is 0 Å². The second kappa shape index (κ2) is 5.50. The van der Waals surface area contributed by atoms with Crippen LogP contribution in [0.15, 0.2) is 24.3 Å². The molecule has 4 nitrogen and oxygen atoms in total. The van der Waals surface area contributed by atoms with Crippen LogP contribution in [0, 0.1) is 11.7 Å². The van der Waals surface area contributed by atoms with E-state index in [1.54, 1.807) is 31.2 Å². The zero-order valence-corrected chi connectivity index (χ0v) is 11.9. The number of aromatic amines is 1. The minimum atomic E-state index is -0.457. The maximum atomic E-state index is 11.9. The number of rotatable bonds is 2. The molecule has 0 radical (unpaired) electrons. The Hall–Kier alpha value is -1.72. The van der Waals surface area contributed by atoms with Crippen LogP contribution in [-0.2, 0) is 4.74 Å². The van der Waals surface area contributed by atoms with Gasteiger partial charge < -0.3 is 9.72 Å². The summed E-state index contributed by atoms with van der Waals surface area (Å²) in [5, 5.41) is 0.612. The lowest BCUT2D eigenvalue weighted by Crippen LogP contribution is -2.09. The SMILES string of the molecule is COC(=O)c1c(-c2ccc(Cl)cc2)nc(=S)[nH]c1C. The van der Waals surface area contributed by atoms with E-state index in [-0.39, 0.29) is 0 Å². The quantitative estimate of drug-likeness (QED) is 0.680. The number of hydrogen-bond donors (Lipinski definition) is 1. The molecule has 0 amide bonds. The van der Waals surface area contributed by atoms with Gasteiger partial charge in [-0.05, 0) is 31.3 Å². The molecule has 0 atom stereocenters. The first-order valence-electron chi connectivity index (χ1n) is 5.48. The van der Waals surface area contributed by atoms with Crippen LogP contribution >= 0.6 is 23.8 Å². The van der Waals surface area contributed by atoms with Crippen LogP contribution in [0.3, 0.4) is 0 Å². The van der Waals surface area contributed by atoms with Crippen molar-refractivity contribution in [2.24, 2.45) is 0 Å². The summed E-state index contributed by atoms with van der Waals surface area (Å²) in [6, 6.07) is 7.03. The predicted octanol–water partition coefficient (Wildman–Crippen LogP) is 3.55. The molecule has 0 spiro atoms. The Morgan fingerprint density at radius 2 is 2.00 bits per heavy atom. The molecule has 98 valence electrons. The van der Waals surface area contributed by atoms with Crippen molar-refractivity contribution < 1.29 is 9.53 Å². The van der Waals surface area contributed by atoms with E-state index in [2.05, 4.69) is 9.97 Å². The zero-order valence-electron chi connectivity index (χ0n) is 10.4. The zero-order chi connectivity index (χ0) is 14.0. The highest BCUT2D eigenvalue weighted by Crippen LogP contribution is 2.25. The van der Waals surface area contributed by atoms with Gasteiger partial charge in [0.25, 0.3) is 0 Å². The molecule has 0 bridgehead atoms. The van der Waals surface area contributed by atoms with Gasteiger partial charge in [-0.1, -0.05) is 23.7 Å². The third-order valence-electron chi connectivity index (χ3n) is 2.63. The number of ether oxygens (including phenoxy) is 1. The molecule has 1 aromatic heterocycles. The fraction of sp³-hybridized carbons (Fsp3) is 0.154. The third kappa shape index (κ3) is 2.83. The van der Waals surface area contributed by atoms with E-state index in [4.69, 9.17) is 28.6 Å². The first kappa shape index (κ1) is 13.7. The van der Waals surface area contributed by atoms with Crippen molar-refractivity contribution in [2.45, 2.75) is 6.92 Å². The number of aromatic nitrogens is 2. The first-order valence-corrected chi connectivity index (χ1v) is 6.26. The molecule has 0 fully saturated rings. The van der Waals surface area contributed by atoms with Gasteiger partial charge in [-0.3, -0.25) is 0 Å². The summed E-state index contributed by atoms with van der Waals surface area (Å²) in [7, 11) is 1.33. The number of carbonyl (C=O) groups is 1. The smallest absolute Gasteiger partial charge is 0.341 e. The van der Waals surface area contributed by atoms with Gasteiger partial charge >= 0.3 is 5.97 Å². The van der Waals surface area contributed by atoms with E-state index in [1.165, 1.54) is 7.11 Å². The number of H-pyrrole nitrogens is 1. The van der Waals surface area contributed by atoms with Gasteiger partial charge in [-0.15, -0.1) is 0 Å². The number of nitrogens with one attached hydrogen (secondary N) is 1. The average Bonchev–Trinajstić information content (AvgIpc) is 2.38. The second-order valence-electron chi connectivity index (χ2n) is 3.89. The average molecular weight is 295 g/mol. The van der Waals surface area contributed by atoms with E-state index < -0.39 is 5.97 Å². The summed E-state index contributed by atoms with van der Waals surface area (Å²) in [6.45, 7) is 1.75. The van der Waals surface area contributed by atoms with Gasteiger partial charge in [-0.25, -0.2) is 9.78 Å². The summed E-state index contributed by atoms with van der Waals surface area (Å²) in [4.78, 5) is 18.9. The molecule has 1 aromatic carbocycles. The number of esters is 1. The van der Waals surface area contributed by atoms with E-state index in [9.17, 15) is 4.79 Å². The number of halogens is 1. The number of benzene rings is 1. The number of nitrogens with zero attached hydrogens (tertiary/aromatic N) is 1. The van der Waals surface area contributed by atoms with Crippen LogP contribution in [0.25, 0.3) is 11.3 Å². The van der Waals surface area contributed by atoms with E-state index >= 15 is 0 Å². The van der Waals surface area contributed by atoms with Crippen LogP contribution in [0.1, 0.15) is 16.1 Å². The standard InChI is InChI=1S/C13H11ClN2O2S/c1-7-10(12(17)18-2)11(16-13(19)15-7)8-3-5-9(14)6-4-8/h3-6H,1-2H3,(H,15,16,19). The molecule has 19 heavy (non-hydrogen) atoms. The lowest BCUT2D eigenvalue weighted by atomic mass is 10.0. The maximum absolute atomic E-state index is 11.9. The van der Waals surface area contributed by atoms with Crippen molar-refractivity contribution in [3.05, 3.63) is 45.3 Å². The van der Waals surface area contributed by atoms with Gasteiger partial charge in [-0.2, -0.15) is 0 Å². The fourth-order valence-corrected chi connectivity index (χ4v) is 2.12. The van der Waals surface area contributed by atoms with Gasteiger partial charge in [0.2, 0.25) is 0 Å². The van der Waals surface area contributed by atoms with Crippen molar-refractivity contribution in [1.29, 1.82) is 0 Å². The minimum absolute atomic E-state index is 0.315. The van der Waals surface area contributed by atoms with Crippen molar-refractivity contribution in [1.82, 2.24) is 9.97 Å². The normalized spacial score (nSPS) is 10.3. The molecule has 6 heteroatoms. The Labute approximate surface area is 120 Å². The fourth-order valence-electron chi connectivity index (χ4n) is 1.75. The van der Waals surface area contributed by atoms with E-state index in [0.29, 0.717) is 26.7 Å². The highest BCUT2D eigenvalue weighted by atomic mass is 35.5. The topological polar surface area (TPSA) is 55.0 Å². The molecule has 0 aliphatic carbocycles. The van der Waals surface area contributed by atoms with Crippen LogP contribution in [0.2, 0.25) is 5.02 Å². The van der Waals surface area contributed by atoms with Gasteiger partial charge in [0.15, 0.2) is 4.77 Å².